The predicted molar refractivity (Wildman–Crippen MR) is 103 cm³/mol. The molecule has 6 heteroatoms. The van der Waals surface area contributed by atoms with Gasteiger partial charge in [0, 0.05) is 19.4 Å². The molecule has 0 saturated heterocycles. The van der Waals surface area contributed by atoms with Gasteiger partial charge in [-0.15, -0.1) is 11.3 Å². The molecule has 0 bridgehead atoms. The number of methoxy groups -OCH3 is 1. The third-order valence-electron chi connectivity index (χ3n) is 4.12. The number of aromatic nitrogens is 1. The Kier molecular flexibility index (Phi) is 6.07. The van der Waals surface area contributed by atoms with Crippen LogP contribution in [0.15, 0.2) is 46.2 Å². The van der Waals surface area contributed by atoms with Gasteiger partial charge < -0.3 is 14.5 Å². The highest BCUT2D eigenvalue weighted by atomic mass is 32.1. The molecule has 1 aromatic carbocycles. The number of carbonyl (C=O) groups is 1. The summed E-state index contributed by atoms with van der Waals surface area (Å²) in [6.07, 6.45) is 1.74. The predicted octanol–water partition coefficient (Wildman–Crippen LogP) is 4.01. The molecule has 3 rings (SSSR count). The summed E-state index contributed by atoms with van der Waals surface area (Å²) in [6, 6.07) is 11.7. The first kappa shape index (κ1) is 18.2. The Labute approximate surface area is 157 Å². The van der Waals surface area contributed by atoms with E-state index < -0.39 is 0 Å². The number of oxazole rings is 1. The number of nitrogens with zero attached hydrogens (tertiary/aromatic N) is 1. The maximum absolute atomic E-state index is 12.1. The molecule has 136 valence electrons. The minimum Gasteiger partial charge on any atom is -0.496 e. The maximum atomic E-state index is 12.1. The van der Waals surface area contributed by atoms with Crippen LogP contribution in [0.25, 0.3) is 10.8 Å². The average molecular weight is 370 g/mol. The van der Waals surface area contributed by atoms with Crippen molar-refractivity contribution < 1.29 is 13.9 Å². The molecule has 3 aromatic rings. The Morgan fingerprint density at radius 3 is 2.85 bits per heavy atom. The lowest BCUT2D eigenvalue weighted by Crippen LogP contribution is -2.26. The second-order valence-electron chi connectivity index (χ2n) is 5.91. The molecule has 2 aromatic heterocycles. The van der Waals surface area contributed by atoms with Crippen LogP contribution in [0.3, 0.4) is 0 Å². The van der Waals surface area contributed by atoms with Gasteiger partial charge in [0.05, 0.1) is 17.7 Å². The molecule has 0 fully saturated rings. The number of ether oxygens (including phenoxy) is 1. The monoisotopic (exact) mass is 370 g/mol. The zero-order chi connectivity index (χ0) is 18.4. The summed E-state index contributed by atoms with van der Waals surface area (Å²) in [5.74, 6) is 2.29. The van der Waals surface area contributed by atoms with Crippen molar-refractivity contribution in [1.29, 1.82) is 0 Å². The lowest BCUT2D eigenvalue weighted by Gasteiger charge is -2.08. The number of rotatable bonds is 8. The molecule has 0 aliphatic rings. The van der Waals surface area contributed by atoms with Crippen LogP contribution in [-0.4, -0.2) is 24.5 Å². The van der Waals surface area contributed by atoms with E-state index >= 15 is 0 Å². The van der Waals surface area contributed by atoms with Crippen LogP contribution in [0.2, 0.25) is 0 Å². The molecular formula is C20H22N2O3S. The first-order valence-electron chi connectivity index (χ1n) is 8.56. The van der Waals surface area contributed by atoms with E-state index in [0.29, 0.717) is 31.7 Å². The van der Waals surface area contributed by atoms with Crippen LogP contribution in [0, 0.1) is 6.92 Å². The van der Waals surface area contributed by atoms with Gasteiger partial charge in [0.2, 0.25) is 11.8 Å². The molecule has 0 atom stereocenters. The van der Waals surface area contributed by atoms with Crippen molar-refractivity contribution in [3.8, 4) is 16.5 Å². The maximum Gasteiger partial charge on any atom is 0.236 e. The van der Waals surface area contributed by atoms with E-state index in [1.165, 1.54) is 0 Å². The van der Waals surface area contributed by atoms with Crippen LogP contribution >= 0.6 is 11.3 Å². The van der Waals surface area contributed by atoms with Gasteiger partial charge in [-0.1, -0.05) is 24.3 Å². The fourth-order valence-electron chi connectivity index (χ4n) is 2.73. The zero-order valence-electron chi connectivity index (χ0n) is 15.0. The zero-order valence-corrected chi connectivity index (χ0v) is 15.8. The fourth-order valence-corrected chi connectivity index (χ4v) is 3.38. The van der Waals surface area contributed by atoms with Crippen molar-refractivity contribution in [2.45, 2.75) is 26.2 Å². The summed E-state index contributed by atoms with van der Waals surface area (Å²) < 4.78 is 11.0. The number of hydrogen-bond acceptors (Lipinski definition) is 5. The summed E-state index contributed by atoms with van der Waals surface area (Å²) >= 11 is 1.60. The lowest BCUT2D eigenvalue weighted by atomic mass is 10.1. The first-order chi connectivity index (χ1) is 12.7. The topological polar surface area (TPSA) is 64.4 Å². The average Bonchev–Trinajstić information content (AvgIpc) is 3.30. The van der Waals surface area contributed by atoms with Crippen LogP contribution < -0.4 is 10.1 Å². The fraction of sp³-hybridized carbons (Fsp3) is 0.300. The third-order valence-corrected chi connectivity index (χ3v) is 4.98. The second-order valence-corrected chi connectivity index (χ2v) is 6.86. The van der Waals surface area contributed by atoms with Crippen molar-refractivity contribution in [2.75, 3.05) is 13.7 Å². The Morgan fingerprint density at radius 1 is 1.23 bits per heavy atom. The summed E-state index contributed by atoms with van der Waals surface area (Å²) in [4.78, 5) is 17.6. The Hall–Kier alpha value is -2.60. The number of nitrogens with one attached hydrogen (secondary N) is 1. The molecule has 5 nitrogen and oxygen atoms in total. The molecular weight excluding hydrogens is 348 g/mol. The Bertz CT molecular complexity index is 856. The summed E-state index contributed by atoms with van der Waals surface area (Å²) in [5, 5.41) is 4.95. The quantitative estimate of drug-likeness (QED) is 0.651. The van der Waals surface area contributed by atoms with Crippen molar-refractivity contribution in [3.05, 3.63) is 58.8 Å². The summed E-state index contributed by atoms with van der Waals surface area (Å²) in [6.45, 7) is 2.45. The molecule has 0 unspecified atom stereocenters. The van der Waals surface area contributed by atoms with Gasteiger partial charge in [-0.05, 0) is 36.4 Å². The van der Waals surface area contributed by atoms with Gasteiger partial charge in [-0.2, -0.15) is 0 Å². The van der Waals surface area contributed by atoms with E-state index in [-0.39, 0.29) is 5.91 Å². The van der Waals surface area contributed by atoms with Crippen LogP contribution in [0.4, 0.5) is 0 Å². The van der Waals surface area contributed by atoms with E-state index in [0.717, 1.165) is 27.6 Å². The molecule has 0 radical (unpaired) electrons. The summed E-state index contributed by atoms with van der Waals surface area (Å²) in [7, 11) is 1.64. The first-order valence-corrected chi connectivity index (χ1v) is 9.44. The van der Waals surface area contributed by atoms with Crippen molar-refractivity contribution in [1.82, 2.24) is 10.3 Å². The number of amides is 1. The van der Waals surface area contributed by atoms with Crippen molar-refractivity contribution in [2.24, 2.45) is 0 Å². The molecule has 0 spiro atoms. The van der Waals surface area contributed by atoms with E-state index in [2.05, 4.69) is 10.3 Å². The largest absolute Gasteiger partial charge is 0.496 e. The van der Waals surface area contributed by atoms with Gasteiger partial charge in [0.15, 0.2) is 0 Å². The van der Waals surface area contributed by atoms with E-state index in [1.54, 1.807) is 18.4 Å². The highest BCUT2D eigenvalue weighted by molar-refractivity contribution is 7.13. The van der Waals surface area contributed by atoms with Gasteiger partial charge >= 0.3 is 0 Å². The van der Waals surface area contributed by atoms with Crippen molar-refractivity contribution in [3.63, 3.8) is 0 Å². The molecule has 1 amide bonds. The molecule has 2 heterocycles. The molecule has 0 aliphatic heterocycles. The van der Waals surface area contributed by atoms with Crippen LogP contribution in [0.1, 0.15) is 23.4 Å². The Balaban J connectivity index is 1.47. The highest BCUT2D eigenvalue weighted by Gasteiger charge is 2.12. The minimum absolute atomic E-state index is 0.0236. The SMILES string of the molecule is COc1ccccc1CCC(=O)NCCc1nc(-c2cccs2)oc1C. The van der Waals surface area contributed by atoms with E-state index in [9.17, 15) is 4.79 Å². The number of aryl methyl sites for hydroxylation is 2. The standard InChI is InChI=1S/C20H22N2O3S/c1-14-16(22-20(25-14)18-8-5-13-26-18)11-12-21-19(23)10-9-15-6-3-4-7-17(15)24-2/h3-8,13H,9-12H2,1-2H3,(H,21,23). The van der Waals surface area contributed by atoms with E-state index in [4.69, 9.17) is 9.15 Å². The van der Waals surface area contributed by atoms with Crippen molar-refractivity contribution >= 4 is 17.2 Å². The van der Waals surface area contributed by atoms with Crippen LogP contribution in [-0.2, 0) is 17.6 Å². The van der Waals surface area contributed by atoms with Gasteiger partial charge in [0.25, 0.3) is 0 Å². The highest BCUT2D eigenvalue weighted by Crippen LogP contribution is 2.26. The summed E-state index contributed by atoms with van der Waals surface area (Å²) in [5.41, 5.74) is 1.93. The lowest BCUT2D eigenvalue weighted by molar-refractivity contribution is -0.121. The Morgan fingerprint density at radius 2 is 2.08 bits per heavy atom. The normalized spacial score (nSPS) is 10.7. The van der Waals surface area contributed by atoms with E-state index in [1.807, 2.05) is 48.7 Å². The number of para-hydroxylation sites is 1. The third kappa shape index (κ3) is 4.52. The van der Waals surface area contributed by atoms with Gasteiger partial charge in [-0.3, -0.25) is 4.79 Å². The van der Waals surface area contributed by atoms with Crippen LogP contribution in [0.5, 0.6) is 5.75 Å². The minimum atomic E-state index is 0.0236. The van der Waals surface area contributed by atoms with Gasteiger partial charge in [0.1, 0.15) is 11.5 Å². The molecule has 0 saturated carbocycles. The molecule has 0 aliphatic carbocycles. The number of carbonyl (C=O) groups excluding carboxylic acids is 1. The molecule has 26 heavy (non-hydrogen) atoms. The number of hydrogen-bond donors (Lipinski definition) is 1. The smallest absolute Gasteiger partial charge is 0.236 e. The number of thiophene rings is 1. The number of benzene rings is 1. The second kappa shape index (κ2) is 8.67. The molecule has 1 N–H and O–H groups in total. The van der Waals surface area contributed by atoms with Gasteiger partial charge in [-0.25, -0.2) is 4.98 Å².